The number of rotatable bonds is 7. The lowest BCUT2D eigenvalue weighted by Gasteiger charge is -2.25. The first kappa shape index (κ1) is 20.4. The van der Waals surface area contributed by atoms with Gasteiger partial charge < -0.3 is 14.3 Å². The van der Waals surface area contributed by atoms with E-state index in [4.69, 9.17) is 4.42 Å². The van der Waals surface area contributed by atoms with Gasteiger partial charge in [0.25, 0.3) is 5.91 Å². The molecule has 158 valence electrons. The third-order valence-corrected chi connectivity index (χ3v) is 6.91. The summed E-state index contributed by atoms with van der Waals surface area (Å²) >= 11 is 0. The first-order valence-corrected chi connectivity index (χ1v) is 11.5. The molecule has 0 saturated carbocycles. The molecule has 2 aromatic heterocycles. The number of carbonyl (C=O) groups excluding carboxylic acids is 1. The van der Waals surface area contributed by atoms with E-state index in [1.165, 1.54) is 34.2 Å². The van der Waals surface area contributed by atoms with Gasteiger partial charge in [0.05, 0.1) is 12.8 Å². The Morgan fingerprint density at radius 1 is 1.23 bits per heavy atom. The zero-order valence-corrected chi connectivity index (χ0v) is 17.6. The molecule has 7 nitrogen and oxygen atoms in total. The fourth-order valence-electron chi connectivity index (χ4n) is 3.94. The summed E-state index contributed by atoms with van der Waals surface area (Å²) in [4.78, 5) is 12.8. The molecule has 2 N–H and O–H groups in total. The van der Waals surface area contributed by atoms with E-state index in [-0.39, 0.29) is 23.3 Å². The largest absolute Gasteiger partial charge is 0.468 e. The average Bonchev–Trinajstić information content (AvgIpc) is 3.40. The molecule has 0 spiro atoms. The van der Waals surface area contributed by atoms with Crippen LogP contribution in [0, 0.1) is 0 Å². The standard InChI is InChI=1S/C22H25N3O4S/c1-25-15-19(30(27,28)24-14-18-9-5-11-29-18)12-21(25)22(26)23-13-17-8-4-7-16-6-2-3-10-20(16)17/h2-3,5-6,9-12,15,17,24H,4,7-8,13-14H2,1H3,(H,23,26). The van der Waals surface area contributed by atoms with Crippen LogP contribution in [0.5, 0.6) is 0 Å². The van der Waals surface area contributed by atoms with Crippen molar-refractivity contribution in [3.63, 3.8) is 0 Å². The van der Waals surface area contributed by atoms with Gasteiger partial charge in [0.1, 0.15) is 16.3 Å². The van der Waals surface area contributed by atoms with Crippen molar-refractivity contribution in [1.82, 2.24) is 14.6 Å². The Morgan fingerprint density at radius 2 is 2.07 bits per heavy atom. The highest BCUT2D eigenvalue weighted by molar-refractivity contribution is 7.89. The van der Waals surface area contributed by atoms with Crippen molar-refractivity contribution >= 4 is 15.9 Å². The Bertz CT molecular complexity index is 1130. The summed E-state index contributed by atoms with van der Waals surface area (Å²) < 4.78 is 34.3. The molecule has 0 radical (unpaired) electrons. The van der Waals surface area contributed by atoms with Gasteiger partial charge in [-0.15, -0.1) is 0 Å². The normalized spacial score (nSPS) is 16.2. The lowest BCUT2D eigenvalue weighted by molar-refractivity contribution is 0.0942. The van der Waals surface area contributed by atoms with Crippen molar-refractivity contribution in [2.45, 2.75) is 36.6 Å². The summed E-state index contributed by atoms with van der Waals surface area (Å²) in [6, 6.07) is 13.1. The number of hydrogen-bond acceptors (Lipinski definition) is 4. The first-order valence-electron chi connectivity index (χ1n) is 9.98. The van der Waals surface area contributed by atoms with E-state index in [1.807, 2.05) is 12.1 Å². The summed E-state index contributed by atoms with van der Waals surface area (Å²) in [5.41, 5.74) is 2.94. The van der Waals surface area contributed by atoms with Gasteiger partial charge in [0.2, 0.25) is 10.0 Å². The second-order valence-electron chi connectivity index (χ2n) is 7.57. The maximum Gasteiger partial charge on any atom is 0.267 e. The van der Waals surface area contributed by atoms with Crippen LogP contribution in [0.2, 0.25) is 0 Å². The number of furan rings is 1. The lowest BCUT2D eigenvalue weighted by Crippen LogP contribution is -2.31. The topological polar surface area (TPSA) is 93.3 Å². The Morgan fingerprint density at radius 3 is 2.87 bits per heavy atom. The number of fused-ring (bicyclic) bond motifs is 1. The van der Waals surface area contributed by atoms with Crippen LogP contribution in [0.3, 0.4) is 0 Å². The number of benzene rings is 1. The highest BCUT2D eigenvalue weighted by atomic mass is 32.2. The molecule has 1 unspecified atom stereocenters. The molecule has 30 heavy (non-hydrogen) atoms. The van der Waals surface area contributed by atoms with E-state index in [0.717, 1.165) is 19.3 Å². The summed E-state index contributed by atoms with van der Waals surface area (Å²) in [5, 5.41) is 2.98. The molecule has 2 heterocycles. The summed E-state index contributed by atoms with van der Waals surface area (Å²) in [6.07, 6.45) is 6.13. The van der Waals surface area contributed by atoms with Crippen molar-refractivity contribution in [3.8, 4) is 0 Å². The van der Waals surface area contributed by atoms with Crippen LogP contribution in [0.25, 0.3) is 0 Å². The van der Waals surface area contributed by atoms with E-state index in [0.29, 0.717) is 18.0 Å². The second-order valence-corrected chi connectivity index (χ2v) is 9.34. The van der Waals surface area contributed by atoms with Gasteiger partial charge in [-0.3, -0.25) is 4.79 Å². The highest BCUT2D eigenvalue weighted by Gasteiger charge is 2.23. The third-order valence-electron chi connectivity index (χ3n) is 5.54. The molecule has 1 aliphatic rings. The number of aromatic nitrogens is 1. The number of aryl methyl sites for hydroxylation is 2. The molecule has 1 atom stereocenters. The monoisotopic (exact) mass is 427 g/mol. The van der Waals surface area contributed by atoms with Gasteiger partial charge in [-0.05, 0) is 48.6 Å². The summed E-state index contributed by atoms with van der Waals surface area (Å²) in [6.45, 7) is 0.576. The fraction of sp³-hybridized carbons (Fsp3) is 0.318. The fourth-order valence-corrected chi connectivity index (χ4v) is 5.01. The van der Waals surface area contributed by atoms with Crippen molar-refractivity contribution in [2.24, 2.45) is 7.05 Å². The number of amides is 1. The van der Waals surface area contributed by atoms with Crippen molar-refractivity contribution in [1.29, 1.82) is 0 Å². The molecule has 0 fully saturated rings. The van der Waals surface area contributed by atoms with Crippen LogP contribution in [0.1, 0.15) is 46.1 Å². The molecular formula is C22H25N3O4S. The molecule has 1 aliphatic carbocycles. The minimum Gasteiger partial charge on any atom is -0.468 e. The molecule has 4 rings (SSSR count). The Labute approximate surface area is 176 Å². The summed E-state index contributed by atoms with van der Waals surface area (Å²) in [7, 11) is -2.09. The number of carbonyl (C=O) groups is 1. The highest BCUT2D eigenvalue weighted by Crippen LogP contribution is 2.30. The molecule has 8 heteroatoms. The minimum atomic E-state index is -3.76. The zero-order chi connectivity index (χ0) is 21.1. The molecule has 0 saturated heterocycles. The predicted molar refractivity (Wildman–Crippen MR) is 113 cm³/mol. The zero-order valence-electron chi connectivity index (χ0n) is 16.8. The maximum absolute atomic E-state index is 12.7. The molecule has 3 aromatic rings. The van der Waals surface area contributed by atoms with Gasteiger partial charge in [-0.25, -0.2) is 13.1 Å². The van der Waals surface area contributed by atoms with Crippen LogP contribution in [-0.2, 0) is 30.0 Å². The first-order chi connectivity index (χ1) is 14.4. The van der Waals surface area contributed by atoms with Crippen LogP contribution < -0.4 is 10.0 Å². The van der Waals surface area contributed by atoms with Gasteiger partial charge in [-0.1, -0.05) is 24.3 Å². The van der Waals surface area contributed by atoms with Gasteiger partial charge in [0.15, 0.2) is 0 Å². The number of sulfonamides is 1. The van der Waals surface area contributed by atoms with Crippen molar-refractivity contribution in [3.05, 3.63) is 77.5 Å². The van der Waals surface area contributed by atoms with E-state index in [9.17, 15) is 13.2 Å². The number of hydrogen-bond donors (Lipinski definition) is 2. The van der Waals surface area contributed by atoms with Crippen LogP contribution in [0.4, 0.5) is 0 Å². The maximum atomic E-state index is 12.7. The van der Waals surface area contributed by atoms with Crippen molar-refractivity contribution in [2.75, 3.05) is 6.54 Å². The number of nitrogens with zero attached hydrogens (tertiary/aromatic N) is 1. The summed E-state index contributed by atoms with van der Waals surface area (Å²) in [5.74, 6) is 0.505. The second kappa shape index (κ2) is 8.49. The SMILES string of the molecule is Cn1cc(S(=O)(=O)NCc2ccco2)cc1C(=O)NCC1CCCc2ccccc21. The Balaban J connectivity index is 1.42. The lowest BCUT2D eigenvalue weighted by atomic mass is 9.83. The quantitative estimate of drug-likeness (QED) is 0.606. The van der Waals surface area contributed by atoms with Gasteiger partial charge in [0, 0.05) is 25.7 Å². The molecule has 0 bridgehead atoms. The van der Waals surface area contributed by atoms with Crippen molar-refractivity contribution < 1.29 is 17.6 Å². The Kier molecular flexibility index (Phi) is 5.78. The molecule has 1 aromatic carbocycles. The van der Waals surface area contributed by atoms with Gasteiger partial charge in [-0.2, -0.15) is 0 Å². The number of nitrogens with one attached hydrogen (secondary N) is 2. The average molecular weight is 428 g/mol. The predicted octanol–water partition coefficient (Wildman–Crippen LogP) is 2.95. The molecule has 0 aliphatic heterocycles. The van der Waals surface area contributed by atoms with E-state index >= 15 is 0 Å². The molecule has 1 amide bonds. The van der Waals surface area contributed by atoms with E-state index in [1.54, 1.807) is 19.2 Å². The van der Waals surface area contributed by atoms with E-state index < -0.39 is 10.0 Å². The van der Waals surface area contributed by atoms with Gasteiger partial charge >= 0.3 is 0 Å². The van der Waals surface area contributed by atoms with E-state index in [2.05, 4.69) is 22.2 Å². The third kappa shape index (κ3) is 4.34. The Hall–Kier alpha value is -2.84. The smallest absolute Gasteiger partial charge is 0.267 e. The van der Waals surface area contributed by atoms with Crippen LogP contribution in [-0.4, -0.2) is 25.4 Å². The van der Waals surface area contributed by atoms with Crippen LogP contribution in [0.15, 0.2) is 64.2 Å². The van der Waals surface area contributed by atoms with Crippen LogP contribution >= 0.6 is 0 Å². The minimum absolute atomic E-state index is 0.0460. The molecular weight excluding hydrogens is 402 g/mol.